The molecule has 0 aromatic heterocycles. The largest absolute Gasteiger partial charge is 0.338 e. The molecule has 23 heavy (non-hydrogen) atoms. The van der Waals surface area contributed by atoms with Gasteiger partial charge in [-0.25, -0.2) is 4.79 Å². The zero-order chi connectivity index (χ0) is 16.1. The van der Waals surface area contributed by atoms with E-state index in [9.17, 15) is 4.79 Å². The molecule has 116 valence electrons. The lowest BCUT2D eigenvalue weighted by Crippen LogP contribution is -2.30. The third-order valence-corrected chi connectivity index (χ3v) is 3.87. The molecule has 0 unspecified atom stereocenters. The summed E-state index contributed by atoms with van der Waals surface area (Å²) in [6.45, 7) is 0.570. The van der Waals surface area contributed by atoms with Crippen LogP contribution in [0.5, 0.6) is 0 Å². The average molecular weight is 325 g/mol. The standard InChI is InChI=1S/C19H17ClN2O/c20-17-8-5-14(6-9-17)11-12-21-19(23)22-18-10-7-15-3-1-2-4-16(15)13-18/h1-10,13H,11-12H2,(H2,21,22,23). The van der Waals surface area contributed by atoms with Crippen LogP contribution in [0.1, 0.15) is 5.56 Å². The maximum absolute atomic E-state index is 11.9. The lowest BCUT2D eigenvalue weighted by molar-refractivity contribution is 0.252. The number of benzene rings is 3. The number of hydrogen-bond donors (Lipinski definition) is 2. The minimum absolute atomic E-state index is 0.200. The fourth-order valence-electron chi connectivity index (χ4n) is 2.41. The van der Waals surface area contributed by atoms with Crippen molar-refractivity contribution < 1.29 is 4.79 Å². The maximum Gasteiger partial charge on any atom is 0.319 e. The fraction of sp³-hybridized carbons (Fsp3) is 0.105. The Kier molecular flexibility index (Phi) is 4.79. The van der Waals surface area contributed by atoms with Gasteiger partial charge in [-0.05, 0) is 47.0 Å². The summed E-state index contributed by atoms with van der Waals surface area (Å²) in [5.74, 6) is 0. The van der Waals surface area contributed by atoms with Crippen LogP contribution in [0.25, 0.3) is 10.8 Å². The molecular formula is C19H17ClN2O. The molecule has 2 amide bonds. The van der Waals surface area contributed by atoms with Crippen molar-refractivity contribution in [3.8, 4) is 0 Å². The van der Waals surface area contributed by atoms with E-state index in [4.69, 9.17) is 11.6 Å². The number of rotatable bonds is 4. The number of carbonyl (C=O) groups excluding carboxylic acids is 1. The SMILES string of the molecule is O=C(NCCc1ccc(Cl)cc1)Nc1ccc2ccccc2c1. The van der Waals surface area contributed by atoms with E-state index in [0.29, 0.717) is 6.54 Å². The van der Waals surface area contributed by atoms with Crippen molar-refractivity contribution in [2.24, 2.45) is 0 Å². The molecule has 0 atom stereocenters. The lowest BCUT2D eigenvalue weighted by atomic mass is 10.1. The molecule has 0 bridgehead atoms. The minimum atomic E-state index is -0.200. The topological polar surface area (TPSA) is 41.1 Å². The molecule has 3 aromatic carbocycles. The number of urea groups is 1. The fourth-order valence-corrected chi connectivity index (χ4v) is 2.54. The Morgan fingerprint density at radius 2 is 1.65 bits per heavy atom. The number of amides is 2. The molecule has 0 radical (unpaired) electrons. The normalized spacial score (nSPS) is 10.5. The minimum Gasteiger partial charge on any atom is -0.338 e. The molecule has 3 rings (SSSR count). The summed E-state index contributed by atoms with van der Waals surface area (Å²) in [4.78, 5) is 11.9. The van der Waals surface area contributed by atoms with E-state index >= 15 is 0 Å². The Hall–Kier alpha value is -2.52. The highest BCUT2D eigenvalue weighted by Gasteiger charge is 2.02. The highest BCUT2D eigenvalue weighted by molar-refractivity contribution is 6.30. The molecule has 0 saturated heterocycles. The van der Waals surface area contributed by atoms with E-state index in [1.807, 2.05) is 66.7 Å². The predicted molar refractivity (Wildman–Crippen MR) is 96.1 cm³/mol. The van der Waals surface area contributed by atoms with E-state index in [-0.39, 0.29) is 6.03 Å². The van der Waals surface area contributed by atoms with E-state index in [1.165, 1.54) is 0 Å². The summed E-state index contributed by atoms with van der Waals surface area (Å²) < 4.78 is 0. The van der Waals surface area contributed by atoms with Crippen LogP contribution in [0.3, 0.4) is 0 Å². The smallest absolute Gasteiger partial charge is 0.319 e. The van der Waals surface area contributed by atoms with E-state index < -0.39 is 0 Å². The number of carbonyl (C=O) groups is 1. The van der Waals surface area contributed by atoms with Crippen LogP contribution in [0.4, 0.5) is 10.5 Å². The second kappa shape index (κ2) is 7.16. The van der Waals surface area contributed by atoms with Crippen LogP contribution >= 0.6 is 11.6 Å². The van der Waals surface area contributed by atoms with Gasteiger partial charge >= 0.3 is 6.03 Å². The zero-order valence-corrected chi connectivity index (χ0v) is 13.3. The molecule has 3 aromatic rings. The first-order valence-corrected chi connectivity index (χ1v) is 7.86. The highest BCUT2D eigenvalue weighted by Crippen LogP contribution is 2.18. The van der Waals surface area contributed by atoms with E-state index in [2.05, 4.69) is 10.6 Å². The van der Waals surface area contributed by atoms with Gasteiger partial charge in [0.1, 0.15) is 0 Å². The first kappa shape index (κ1) is 15.4. The molecule has 4 heteroatoms. The third-order valence-electron chi connectivity index (χ3n) is 3.62. The van der Waals surface area contributed by atoms with Gasteiger partial charge < -0.3 is 10.6 Å². The monoisotopic (exact) mass is 324 g/mol. The molecule has 0 fully saturated rings. The van der Waals surface area contributed by atoms with Crippen LogP contribution in [-0.2, 0) is 6.42 Å². The van der Waals surface area contributed by atoms with Gasteiger partial charge in [0.25, 0.3) is 0 Å². The first-order valence-electron chi connectivity index (χ1n) is 7.49. The van der Waals surface area contributed by atoms with Gasteiger partial charge in [-0.15, -0.1) is 0 Å². The Labute approximate surface area is 140 Å². The van der Waals surface area contributed by atoms with Gasteiger partial charge in [0.05, 0.1) is 0 Å². The summed E-state index contributed by atoms with van der Waals surface area (Å²) >= 11 is 5.85. The van der Waals surface area contributed by atoms with Crippen molar-refractivity contribution in [1.82, 2.24) is 5.32 Å². The second-order valence-corrected chi connectivity index (χ2v) is 5.76. The summed E-state index contributed by atoms with van der Waals surface area (Å²) in [6.07, 6.45) is 0.766. The molecule has 0 aliphatic carbocycles. The molecule has 0 spiro atoms. The Bertz CT molecular complexity index is 815. The Balaban J connectivity index is 1.53. The zero-order valence-electron chi connectivity index (χ0n) is 12.6. The molecule has 0 heterocycles. The molecule has 3 nitrogen and oxygen atoms in total. The van der Waals surface area contributed by atoms with Gasteiger partial charge in [0.2, 0.25) is 0 Å². The Morgan fingerprint density at radius 1 is 0.913 bits per heavy atom. The van der Waals surface area contributed by atoms with Gasteiger partial charge in [-0.2, -0.15) is 0 Å². The summed E-state index contributed by atoms with van der Waals surface area (Å²) in [5.41, 5.74) is 1.92. The summed E-state index contributed by atoms with van der Waals surface area (Å²) in [7, 11) is 0. The van der Waals surface area contributed by atoms with Crippen molar-refractivity contribution in [2.75, 3.05) is 11.9 Å². The Morgan fingerprint density at radius 3 is 2.43 bits per heavy atom. The van der Waals surface area contributed by atoms with E-state index in [0.717, 1.165) is 33.5 Å². The van der Waals surface area contributed by atoms with Crippen molar-refractivity contribution >= 4 is 34.1 Å². The van der Waals surface area contributed by atoms with Crippen LogP contribution in [-0.4, -0.2) is 12.6 Å². The van der Waals surface area contributed by atoms with Crippen LogP contribution in [0, 0.1) is 0 Å². The summed E-state index contributed by atoms with van der Waals surface area (Å²) in [5, 5.41) is 8.69. The van der Waals surface area contributed by atoms with Crippen molar-refractivity contribution in [1.29, 1.82) is 0 Å². The number of nitrogens with one attached hydrogen (secondary N) is 2. The average Bonchev–Trinajstić information content (AvgIpc) is 2.56. The maximum atomic E-state index is 11.9. The predicted octanol–water partition coefficient (Wildman–Crippen LogP) is 4.86. The van der Waals surface area contributed by atoms with Gasteiger partial charge in [0, 0.05) is 17.3 Å². The lowest BCUT2D eigenvalue weighted by Gasteiger charge is -2.08. The van der Waals surface area contributed by atoms with Crippen molar-refractivity contribution in [3.63, 3.8) is 0 Å². The molecule has 2 N–H and O–H groups in total. The molecule has 0 aliphatic rings. The number of hydrogen-bond acceptors (Lipinski definition) is 1. The van der Waals surface area contributed by atoms with E-state index in [1.54, 1.807) is 0 Å². The highest BCUT2D eigenvalue weighted by atomic mass is 35.5. The van der Waals surface area contributed by atoms with Crippen LogP contribution in [0.15, 0.2) is 66.7 Å². The van der Waals surface area contributed by atoms with Gasteiger partial charge in [-0.3, -0.25) is 0 Å². The van der Waals surface area contributed by atoms with Crippen LogP contribution in [0.2, 0.25) is 5.02 Å². The summed E-state index contributed by atoms with van der Waals surface area (Å²) in [6, 6.07) is 21.4. The number of anilines is 1. The molecule has 0 saturated carbocycles. The second-order valence-electron chi connectivity index (χ2n) is 5.32. The molecular weight excluding hydrogens is 308 g/mol. The first-order chi connectivity index (χ1) is 11.2. The molecule has 0 aliphatic heterocycles. The number of halogens is 1. The van der Waals surface area contributed by atoms with Gasteiger partial charge in [0.15, 0.2) is 0 Å². The number of fused-ring (bicyclic) bond motifs is 1. The van der Waals surface area contributed by atoms with Crippen molar-refractivity contribution in [2.45, 2.75) is 6.42 Å². The quantitative estimate of drug-likeness (QED) is 0.707. The van der Waals surface area contributed by atoms with Crippen LogP contribution < -0.4 is 10.6 Å². The van der Waals surface area contributed by atoms with Crippen molar-refractivity contribution in [3.05, 3.63) is 77.3 Å². The van der Waals surface area contributed by atoms with Gasteiger partial charge in [-0.1, -0.05) is 54.1 Å². The third kappa shape index (κ3) is 4.24.